The van der Waals surface area contributed by atoms with Crippen molar-refractivity contribution in [3.05, 3.63) is 0 Å². The van der Waals surface area contributed by atoms with Crippen molar-refractivity contribution in [2.24, 2.45) is 0 Å². The van der Waals surface area contributed by atoms with Gasteiger partial charge in [-0.2, -0.15) is 0 Å². The van der Waals surface area contributed by atoms with Gasteiger partial charge in [-0.1, -0.05) is 0 Å². The van der Waals surface area contributed by atoms with Crippen LogP contribution < -0.4 is 10.9 Å². The highest BCUT2D eigenvalue weighted by Crippen LogP contribution is 1.94. The summed E-state index contributed by atoms with van der Waals surface area (Å²) in [5.74, 6) is 0. The second-order valence-electron chi connectivity index (χ2n) is 2.91. The molecule has 0 saturated carbocycles. The Bertz CT molecular complexity index is 141. The molecule has 0 aromatic carbocycles. The van der Waals surface area contributed by atoms with Gasteiger partial charge in [0.25, 0.3) is 6.47 Å². The van der Waals surface area contributed by atoms with Gasteiger partial charge in [0.05, 0.1) is 0 Å². The first kappa shape index (κ1) is 13.3. The summed E-state index contributed by atoms with van der Waals surface area (Å²) in [6, 6.07) is 0. The van der Waals surface area contributed by atoms with Crippen LogP contribution in [0.2, 0.25) is 0 Å². The SMILES string of the molecule is CC(C)(C)NNC(=O)O.O=CO. The largest absolute Gasteiger partial charge is 0.483 e. The Morgan fingerprint density at radius 3 is 1.83 bits per heavy atom. The summed E-state index contributed by atoms with van der Waals surface area (Å²) in [6.45, 7) is 5.34. The van der Waals surface area contributed by atoms with Crippen molar-refractivity contribution in [2.45, 2.75) is 26.3 Å². The maximum atomic E-state index is 9.87. The minimum absolute atomic E-state index is 0.210. The standard InChI is InChI=1S/C5H12N2O2.CH2O2/c1-5(2,3)7-6-4(8)9;2-1-3/h6-7H,1-3H3,(H,8,9);1H,(H,2,3). The van der Waals surface area contributed by atoms with Crippen LogP contribution in [0.1, 0.15) is 20.8 Å². The Balaban J connectivity index is 0. The number of carbonyl (C=O) groups is 2. The number of nitrogens with one attached hydrogen (secondary N) is 2. The zero-order valence-corrected chi connectivity index (χ0v) is 7.29. The summed E-state index contributed by atoms with van der Waals surface area (Å²) >= 11 is 0. The summed E-state index contributed by atoms with van der Waals surface area (Å²) < 4.78 is 0. The number of hydrazine groups is 1. The predicted octanol–water partition coefficient (Wildman–Crippen LogP) is 0.258. The van der Waals surface area contributed by atoms with E-state index >= 15 is 0 Å². The Kier molecular flexibility index (Phi) is 7.11. The molecule has 0 saturated heterocycles. The third kappa shape index (κ3) is 23.4. The fraction of sp³-hybridized carbons (Fsp3) is 0.667. The van der Waals surface area contributed by atoms with Crippen LogP contribution in [0.4, 0.5) is 4.79 Å². The third-order valence-corrected chi connectivity index (χ3v) is 0.544. The molecule has 0 aliphatic rings. The lowest BCUT2D eigenvalue weighted by atomic mass is 10.1. The van der Waals surface area contributed by atoms with Gasteiger partial charge < -0.3 is 10.2 Å². The maximum Gasteiger partial charge on any atom is 0.419 e. The fourth-order valence-electron chi connectivity index (χ4n) is 0.241. The van der Waals surface area contributed by atoms with Gasteiger partial charge in [0.1, 0.15) is 0 Å². The Hall–Kier alpha value is -1.30. The Morgan fingerprint density at radius 1 is 1.42 bits per heavy atom. The molecule has 0 spiro atoms. The first-order valence-electron chi connectivity index (χ1n) is 3.17. The summed E-state index contributed by atoms with van der Waals surface area (Å²) in [7, 11) is 0. The Labute approximate surface area is 70.6 Å². The third-order valence-electron chi connectivity index (χ3n) is 0.544. The minimum atomic E-state index is -1.06. The molecule has 6 nitrogen and oxygen atoms in total. The van der Waals surface area contributed by atoms with E-state index in [1.807, 2.05) is 20.8 Å². The average molecular weight is 178 g/mol. The van der Waals surface area contributed by atoms with Gasteiger partial charge >= 0.3 is 6.09 Å². The number of hydrogen-bond donors (Lipinski definition) is 4. The molecule has 0 unspecified atom stereocenters. The van der Waals surface area contributed by atoms with E-state index in [0.717, 1.165) is 0 Å². The summed E-state index contributed by atoms with van der Waals surface area (Å²) in [4.78, 5) is 18.2. The normalized spacial score (nSPS) is 9.25. The molecule has 0 atom stereocenters. The van der Waals surface area contributed by atoms with E-state index in [1.165, 1.54) is 0 Å². The van der Waals surface area contributed by atoms with Crippen LogP contribution in [0.25, 0.3) is 0 Å². The van der Waals surface area contributed by atoms with Crippen molar-refractivity contribution >= 4 is 12.6 Å². The van der Waals surface area contributed by atoms with Crippen LogP contribution in [0.5, 0.6) is 0 Å². The predicted molar refractivity (Wildman–Crippen MR) is 42.7 cm³/mol. The second-order valence-corrected chi connectivity index (χ2v) is 2.91. The molecular formula is C6H14N2O4. The van der Waals surface area contributed by atoms with Gasteiger partial charge in [-0.3, -0.25) is 10.2 Å². The molecule has 6 heteroatoms. The van der Waals surface area contributed by atoms with Gasteiger partial charge in [-0.25, -0.2) is 10.2 Å². The fourth-order valence-corrected chi connectivity index (χ4v) is 0.241. The molecule has 1 amide bonds. The molecular weight excluding hydrogens is 164 g/mol. The number of hydrogen-bond acceptors (Lipinski definition) is 3. The van der Waals surface area contributed by atoms with Crippen LogP contribution in [0.3, 0.4) is 0 Å². The first-order valence-corrected chi connectivity index (χ1v) is 3.17. The van der Waals surface area contributed by atoms with Crippen LogP contribution in [0.15, 0.2) is 0 Å². The molecule has 0 heterocycles. The van der Waals surface area contributed by atoms with Crippen LogP contribution in [-0.2, 0) is 4.79 Å². The van der Waals surface area contributed by atoms with Crippen LogP contribution in [0, 0.1) is 0 Å². The van der Waals surface area contributed by atoms with E-state index in [2.05, 4.69) is 10.9 Å². The molecule has 0 fully saturated rings. The molecule has 4 N–H and O–H groups in total. The highest BCUT2D eigenvalue weighted by molar-refractivity contribution is 5.63. The average Bonchev–Trinajstić information content (AvgIpc) is 1.84. The maximum absolute atomic E-state index is 9.87. The lowest BCUT2D eigenvalue weighted by molar-refractivity contribution is -0.122. The molecule has 0 radical (unpaired) electrons. The highest BCUT2D eigenvalue weighted by Gasteiger charge is 2.08. The molecule has 12 heavy (non-hydrogen) atoms. The van der Waals surface area contributed by atoms with E-state index in [4.69, 9.17) is 15.0 Å². The molecule has 0 bridgehead atoms. The molecule has 0 aromatic heterocycles. The summed E-state index contributed by atoms with van der Waals surface area (Å²) in [5, 5.41) is 15.0. The number of rotatable bonds is 1. The Morgan fingerprint density at radius 2 is 1.75 bits per heavy atom. The van der Waals surface area contributed by atoms with Crippen LogP contribution >= 0.6 is 0 Å². The van der Waals surface area contributed by atoms with Crippen LogP contribution in [-0.4, -0.2) is 28.3 Å². The van der Waals surface area contributed by atoms with E-state index in [1.54, 1.807) is 0 Å². The number of amides is 1. The van der Waals surface area contributed by atoms with E-state index < -0.39 is 6.09 Å². The molecule has 0 aliphatic heterocycles. The quantitative estimate of drug-likeness (QED) is 0.341. The molecule has 0 aromatic rings. The van der Waals surface area contributed by atoms with Crippen molar-refractivity contribution in [3.8, 4) is 0 Å². The minimum Gasteiger partial charge on any atom is -0.483 e. The van der Waals surface area contributed by atoms with Crippen molar-refractivity contribution < 1.29 is 19.8 Å². The zero-order valence-electron chi connectivity index (χ0n) is 7.29. The number of carboxylic acid groups (broad SMARTS) is 2. The van der Waals surface area contributed by atoms with Gasteiger partial charge in [-0.05, 0) is 20.8 Å². The first-order chi connectivity index (χ1) is 5.33. The second kappa shape index (κ2) is 6.41. The van der Waals surface area contributed by atoms with Gasteiger partial charge in [-0.15, -0.1) is 0 Å². The van der Waals surface area contributed by atoms with E-state index in [0.29, 0.717) is 0 Å². The summed E-state index contributed by atoms with van der Waals surface area (Å²) in [6.07, 6.45) is -1.06. The topological polar surface area (TPSA) is 98.7 Å². The van der Waals surface area contributed by atoms with Crippen molar-refractivity contribution in [1.29, 1.82) is 0 Å². The van der Waals surface area contributed by atoms with Crippen molar-refractivity contribution in [1.82, 2.24) is 10.9 Å². The van der Waals surface area contributed by atoms with E-state index in [9.17, 15) is 4.79 Å². The van der Waals surface area contributed by atoms with E-state index in [-0.39, 0.29) is 12.0 Å². The van der Waals surface area contributed by atoms with Crippen molar-refractivity contribution in [3.63, 3.8) is 0 Å². The van der Waals surface area contributed by atoms with Gasteiger partial charge in [0, 0.05) is 5.54 Å². The molecule has 72 valence electrons. The molecule has 0 aliphatic carbocycles. The lowest BCUT2D eigenvalue weighted by Gasteiger charge is -2.19. The summed E-state index contributed by atoms with van der Waals surface area (Å²) in [5.41, 5.74) is 4.41. The smallest absolute Gasteiger partial charge is 0.419 e. The van der Waals surface area contributed by atoms with Gasteiger partial charge in [0.2, 0.25) is 0 Å². The molecule has 0 rings (SSSR count). The highest BCUT2D eigenvalue weighted by atomic mass is 16.4. The lowest BCUT2D eigenvalue weighted by Crippen LogP contribution is -2.48. The zero-order chi connectivity index (χ0) is 10.2. The van der Waals surface area contributed by atoms with Gasteiger partial charge in [0.15, 0.2) is 0 Å². The van der Waals surface area contributed by atoms with Crippen molar-refractivity contribution in [2.75, 3.05) is 0 Å². The monoisotopic (exact) mass is 178 g/mol.